The summed E-state index contributed by atoms with van der Waals surface area (Å²) in [6.07, 6.45) is 3.04. The highest BCUT2D eigenvalue weighted by Crippen LogP contribution is 2.40. The summed E-state index contributed by atoms with van der Waals surface area (Å²) in [5.74, 6) is 0.0123. The lowest BCUT2D eigenvalue weighted by atomic mass is 10.1. The Kier molecular flexibility index (Phi) is 3.04. The quantitative estimate of drug-likeness (QED) is 0.878. The molecule has 8 heteroatoms. The Balaban J connectivity index is 1.65. The Morgan fingerprint density at radius 2 is 2.17 bits per heavy atom. The van der Waals surface area contributed by atoms with Crippen LogP contribution < -0.4 is 4.90 Å². The summed E-state index contributed by atoms with van der Waals surface area (Å²) in [6.45, 7) is 1.13. The highest BCUT2D eigenvalue weighted by atomic mass is 16.4. The Hall–Kier alpha value is -2.56. The second-order valence-corrected chi connectivity index (χ2v) is 6.51. The number of aromatic nitrogens is 2. The predicted molar refractivity (Wildman–Crippen MR) is 78.4 cm³/mol. The first-order valence-corrected chi connectivity index (χ1v) is 7.82. The summed E-state index contributed by atoms with van der Waals surface area (Å²) in [5.41, 5.74) is 1.39. The minimum atomic E-state index is -0.928. The van der Waals surface area contributed by atoms with Crippen molar-refractivity contribution in [2.75, 3.05) is 11.4 Å². The number of rotatable bonds is 2. The molecule has 0 radical (unpaired) electrons. The van der Waals surface area contributed by atoms with E-state index in [1.54, 1.807) is 11.1 Å². The zero-order valence-corrected chi connectivity index (χ0v) is 12.6. The molecule has 0 spiro atoms. The molecule has 23 heavy (non-hydrogen) atoms. The molecule has 0 aromatic carbocycles. The highest BCUT2D eigenvalue weighted by Gasteiger charge is 2.43. The molecule has 2 fully saturated rings. The van der Waals surface area contributed by atoms with Gasteiger partial charge in [-0.25, -0.2) is 4.79 Å². The van der Waals surface area contributed by atoms with E-state index in [2.05, 4.69) is 11.2 Å². The fourth-order valence-corrected chi connectivity index (χ4v) is 3.62. The van der Waals surface area contributed by atoms with Crippen LogP contribution in [0.3, 0.4) is 0 Å². The van der Waals surface area contributed by atoms with Gasteiger partial charge in [-0.05, 0) is 18.8 Å². The molecule has 2 unspecified atom stereocenters. The van der Waals surface area contributed by atoms with Crippen LogP contribution in [0.5, 0.6) is 0 Å². The molecule has 3 aliphatic rings. The number of amides is 2. The second kappa shape index (κ2) is 4.98. The van der Waals surface area contributed by atoms with Crippen molar-refractivity contribution < 1.29 is 14.7 Å². The largest absolute Gasteiger partial charge is 0.465 e. The Morgan fingerprint density at radius 3 is 2.78 bits per heavy atom. The lowest BCUT2D eigenvalue weighted by molar-refractivity contribution is -0.117. The van der Waals surface area contributed by atoms with Crippen LogP contribution in [0.25, 0.3) is 0 Å². The van der Waals surface area contributed by atoms with Gasteiger partial charge in [0.2, 0.25) is 5.91 Å². The maximum atomic E-state index is 12.1. The second-order valence-electron chi connectivity index (χ2n) is 6.51. The fraction of sp³-hybridized carbons (Fsp3) is 0.600. The lowest BCUT2D eigenvalue weighted by Crippen LogP contribution is -2.47. The van der Waals surface area contributed by atoms with Crippen LogP contribution in [0, 0.1) is 23.2 Å². The van der Waals surface area contributed by atoms with E-state index in [1.807, 2.05) is 4.68 Å². The van der Waals surface area contributed by atoms with Crippen LogP contribution in [0.1, 0.15) is 25.0 Å². The normalized spacial score (nSPS) is 27.0. The highest BCUT2D eigenvalue weighted by molar-refractivity contribution is 5.96. The van der Waals surface area contributed by atoms with E-state index in [0.29, 0.717) is 24.7 Å². The van der Waals surface area contributed by atoms with Gasteiger partial charge in [0.05, 0.1) is 48.7 Å². The summed E-state index contributed by atoms with van der Waals surface area (Å²) < 4.78 is 1.82. The first kappa shape index (κ1) is 14.1. The molecule has 1 aromatic heterocycles. The molecule has 1 N–H and O–H groups in total. The SMILES string of the molecule is N#CC1CC(=O)N(c2cnn3c2CN(C(=O)O)C(C2CC2)C3)C1. The van der Waals surface area contributed by atoms with Crippen LogP contribution in [-0.2, 0) is 17.9 Å². The molecule has 4 rings (SSSR count). The minimum absolute atomic E-state index is 0.0334. The molecular weight excluding hydrogens is 298 g/mol. The number of carbonyl (C=O) groups is 2. The molecule has 1 aliphatic carbocycles. The lowest BCUT2D eigenvalue weighted by Gasteiger charge is -2.35. The minimum Gasteiger partial charge on any atom is -0.465 e. The van der Waals surface area contributed by atoms with Crippen molar-refractivity contribution in [1.29, 1.82) is 5.26 Å². The molecule has 8 nitrogen and oxygen atoms in total. The van der Waals surface area contributed by atoms with Crippen LogP contribution >= 0.6 is 0 Å². The molecule has 2 aliphatic heterocycles. The van der Waals surface area contributed by atoms with Crippen LogP contribution in [0.2, 0.25) is 0 Å². The first-order valence-electron chi connectivity index (χ1n) is 7.82. The molecular formula is C15H17N5O3. The molecule has 0 bridgehead atoms. The average Bonchev–Trinajstić information content (AvgIpc) is 3.20. The topological polar surface area (TPSA) is 102 Å². The standard InChI is InChI=1S/C15H17N5O3/c16-4-9-3-14(21)18(6-9)11-5-17-20-8-12(10-1-2-10)19(15(22)23)7-13(11)20/h5,9-10,12H,1-3,6-8H2,(H,22,23). The number of fused-ring (bicyclic) bond motifs is 1. The van der Waals surface area contributed by atoms with Crippen molar-refractivity contribution >= 4 is 17.7 Å². The number of nitriles is 1. The van der Waals surface area contributed by atoms with E-state index in [4.69, 9.17) is 5.26 Å². The van der Waals surface area contributed by atoms with E-state index in [0.717, 1.165) is 18.5 Å². The van der Waals surface area contributed by atoms with Gasteiger partial charge in [-0.1, -0.05) is 0 Å². The predicted octanol–water partition coefficient (Wildman–Crippen LogP) is 1.03. The van der Waals surface area contributed by atoms with Crippen molar-refractivity contribution in [2.45, 2.75) is 38.4 Å². The van der Waals surface area contributed by atoms with Crippen molar-refractivity contribution in [3.05, 3.63) is 11.9 Å². The van der Waals surface area contributed by atoms with Crippen LogP contribution in [0.15, 0.2) is 6.20 Å². The molecule has 1 aromatic rings. The van der Waals surface area contributed by atoms with E-state index in [1.165, 1.54) is 4.90 Å². The number of carboxylic acid groups (broad SMARTS) is 1. The Labute approximate surface area is 132 Å². The van der Waals surface area contributed by atoms with E-state index >= 15 is 0 Å². The average molecular weight is 315 g/mol. The van der Waals surface area contributed by atoms with Gasteiger partial charge in [0, 0.05) is 13.0 Å². The van der Waals surface area contributed by atoms with E-state index < -0.39 is 6.09 Å². The molecule has 2 amide bonds. The third kappa shape index (κ3) is 2.23. The van der Waals surface area contributed by atoms with Gasteiger partial charge in [-0.2, -0.15) is 10.4 Å². The Morgan fingerprint density at radius 1 is 1.39 bits per heavy atom. The van der Waals surface area contributed by atoms with Crippen molar-refractivity contribution in [2.24, 2.45) is 11.8 Å². The van der Waals surface area contributed by atoms with Crippen molar-refractivity contribution in [1.82, 2.24) is 14.7 Å². The molecule has 1 saturated heterocycles. The van der Waals surface area contributed by atoms with Gasteiger partial charge in [-0.15, -0.1) is 0 Å². The summed E-state index contributed by atoms with van der Waals surface area (Å²) in [5, 5.41) is 22.9. The van der Waals surface area contributed by atoms with Gasteiger partial charge in [0.15, 0.2) is 0 Å². The van der Waals surface area contributed by atoms with Crippen LogP contribution in [-0.4, -0.2) is 44.4 Å². The molecule has 1 saturated carbocycles. The third-order valence-electron chi connectivity index (χ3n) is 5.02. The number of hydrogen-bond acceptors (Lipinski definition) is 4. The summed E-state index contributed by atoms with van der Waals surface area (Å²) in [4.78, 5) is 26.8. The first-order chi connectivity index (χ1) is 11.1. The van der Waals surface area contributed by atoms with Gasteiger partial charge in [0.1, 0.15) is 0 Å². The maximum absolute atomic E-state index is 12.1. The van der Waals surface area contributed by atoms with Crippen molar-refractivity contribution in [3.63, 3.8) is 0 Å². The summed E-state index contributed by atoms with van der Waals surface area (Å²) >= 11 is 0. The summed E-state index contributed by atoms with van der Waals surface area (Å²) in [7, 11) is 0. The number of carbonyl (C=O) groups excluding carboxylic acids is 1. The number of anilines is 1. The molecule has 120 valence electrons. The van der Waals surface area contributed by atoms with E-state index in [-0.39, 0.29) is 30.8 Å². The third-order valence-corrected chi connectivity index (χ3v) is 5.02. The zero-order chi connectivity index (χ0) is 16.1. The van der Waals surface area contributed by atoms with Crippen LogP contribution in [0.4, 0.5) is 10.5 Å². The van der Waals surface area contributed by atoms with Gasteiger partial charge in [0.25, 0.3) is 0 Å². The Bertz CT molecular complexity index is 717. The maximum Gasteiger partial charge on any atom is 0.407 e. The molecule has 2 atom stereocenters. The monoisotopic (exact) mass is 315 g/mol. The smallest absolute Gasteiger partial charge is 0.407 e. The fourth-order valence-electron chi connectivity index (χ4n) is 3.62. The molecule has 3 heterocycles. The van der Waals surface area contributed by atoms with Gasteiger partial charge in [-0.3, -0.25) is 14.4 Å². The van der Waals surface area contributed by atoms with Crippen molar-refractivity contribution in [3.8, 4) is 6.07 Å². The number of hydrogen-bond donors (Lipinski definition) is 1. The zero-order valence-electron chi connectivity index (χ0n) is 12.6. The summed E-state index contributed by atoms with van der Waals surface area (Å²) in [6, 6.07) is 2.10. The van der Waals surface area contributed by atoms with Gasteiger partial charge >= 0.3 is 6.09 Å². The number of nitrogens with zero attached hydrogens (tertiary/aromatic N) is 5. The van der Waals surface area contributed by atoms with Gasteiger partial charge < -0.3 is 10.0 Å². The van der Waals surface area contributed by atoms with E-state index in [9.17, 15) is 14.7 Å².